The van der Waals surface area contributed by atoms with E-state index in [4.69, 9.17) is 11.6 Å². The van der Waals surface area contributed by atoms with E-state index in [-0.39, 0.29) is 16.3 Å². The number of fused-ring (bicyclic) bond motifs is 1. The smallest absolute Gasteiger partial charge is 0.282 e. The van der Waals surface area contributed by atoms with E-state index < -0.39 is 10.8 Å². The predicted molar refractivity (Wildman–Crippen MR) is 104 cm³/mol. The van der Waals surface area contributed by atoms with Gasteiger partial charge >= 0.3 is 0 Å². The normalized spacial score (nSPS) is 12.6. The molecule has 1 amide bonds. The number of carbonyl (C=O) groups excluding carboxylic acids is 1. The molecule has 0 atom stereocenters. The second-order valence-electron chi connectivity index (χ2n) is 5.90. The van der Waals surface area contributed by atoms with Gasteiger partial charge in [0.05, 0.1) is 10.6 Å². The molecule has 4 rings (SSSR count). The van der Waals surface area contributed by atoms with Gasteiger partial charge in [-0.25, -0.2) is 4.98 Å². The third kappa shape index (κ3) is 3.54. The first-order valence-corrected chi connectivity index (χ1v) is 9.43. The number of nitro groups is 1. The van der Waals surface area contributed by atoms with Gasteiger partial charge in [0.25, 0.3) is 11.6 Å². The molecule has 0 radical (unpaired) electrons. The fourth-order valence-electron chi connectivity index (χ4n) is 2.82. The van der Waals surface area contributed by atoms with Crippen molar-refractivity contribution in [2.24, 2.45) is 0 Å². The molecular formula is C18H13ClN4O3S. The van der Waals surface area contributed by atoms with Crippen LogP contribution in [0.15, 0.2) is 53.8 Å². The minimum absolute atomic E-state index is 0.0841. The average Bonchev–Trinajstić information content (AvgIpc) is 3.24. The Labute approximate surface area is 163 Å². The fourth-order valence-corrected chi connectivity index (χ4v) is 3.94. The second kappa shape index (κ2) is 7.05. The summed E-state index contributed by atoms with van der Waals surface area (Å²) < 4.78 is 2.12. The summed E-state index contributed by atoms with van der Waals surface area (Å²) in [5, 5.41) is 15.1. The molecule has 0 bridgehead atoms. The van der Waals surface area contributed by atoms with E-state index in [1.165, 1.54) is 18.2 Å². The topological polar surface area (TPSA) is 90.1 Å². The lowest BCUT2D eigenvalue weighted by atomic mass is 10.1. The molecule has 1 aliphatic heterocycles. The zero-order chi connectivity index (χ0) is 19.0. The summed E-state index contributed by atoms with van der Waals surface area (Å²) in [6.07, 6.45) is 2.01. The van der Waals surface area contributed by atoms with E-state index in [0.29, 0.717) is 5.69 Å². The Kier molecular flexibility index (Phi) is 4.59. The first-order chi connectivity index (χ1) is 13.0. The first kappa shape index (κ1) is 17.6. The number of aryl methyl sites for hydroxylation is 1. The van der Waals surface area contributed by atoms with Crippen LogP contribution in [-0.4, -0.2) is 26.1 Å². The van der Waals surface area contributed by atoms with E-state index in [2.05, 4.69) is 14.9 Å². The number of benzene rings is 2. The minimum atomic E-state index is -0.607. The summed E-state index contributed by atoms with van der Waals surface area (Å²) in [4.78, 5) is 27.6. The molecule has 0 spiro atoms. The Hall–Kier alpha value is -2.84. The van der Waals surface area contributed by atoms with E-state index in [1.54, 1.807) is 23.9 Å². The Morgan fingerprint density at radius 2 is 2.04 bits per heavy atom. The summed E-state index contributed by atoms with van der Waals surface area (Å²) >= 11 is 7.60. The summed E-state index contributed by atoms with van der Waals surface area (Å²) in [6.45, 7) is 0.958. The average molecular weight is 401 g/mol. The van der Waals surface area contributed by atoms with Gasteiger partial charge in [0, 0.05) is 40.8 Å². The summed E-state index contributed by atoms with van der Waals surface area (Å²) in [6, 6.07) is 11.1. The van der Waals surface area contributed by atoms with E-state index in [0.717, 1.165) is 28.7 Å². The van der Waals surface area contributed by atoms with Gasteiger partial charge < -0.3 is 9.88 Å². The maximum Gasteiger partial charge on any atom is 0.282 e. The molecule has 27 heavy (non-hydrogen) atoms. The highest BCUT2D eigenvalue weighted by Gasteiger charge is 2.21. The Morgan fingerprint density at radius 3 is 2.74 bits per heavy atom. The van der Waals surface area contributed by atoms with Crippen LogP contribution in [-0.2, 0) is 6.54 Å². The molecule has 0 saturated carbocycles. The lowest BCUT2D eigenvalue weighted by Gasteiger charge is -2.07. The summed E-state index contributed by atoms with van der Waals surface area (Å²) in [7, 11) is 0. The van der Waals surface area contributed by atoms with Crippen LogP contribution in [0.5, 0.6) is 0 Å². The number of aromatic nitrogens is 2. The van der Waals surface area contributed by atoms with Crippen LogP contribution in [0, 0.1) is 10.1 Å². The highest BCUT2D eigenvalue weighted by molar-refractivity contribution is 7.99. The van der Waals surface area contributed by atoms with Crippen molar-refractivity contribution in [2.75, 3.05) is 11.1 Å². The number of rotatable bonds is 4. The predicted octanol–water partition coefficient (Wildman–Crippen LogP) is 4.47. The number of imidazole rings is 1. The van der Waals surface area contributed by atoms with Crippen molar-refractivity contribution in [2.45, 2.75) is 11.7 Å². The molecule has 0 unspecified atom stereocenters. The van der Waals surface area contributed by atoms with Gasteiger partial charge in [0.15, 0.2) is 5.16 Å². The number of amides is 1. The molecule has 2 aromatic carbocycles. The molecular weight excluding hydrogens is 388 g/mol. The number of nitrogens with one attached hydrogen (secondary N) is 1. The molecule has 9 heteroatoms. The lowest BCUT2D eigenvalue weighted by Crippen LogP contribution is -2.14. The Bertz CT molecular complexity index is 1030. The molecule has 1 aromatic heterocycles. The van der Waals surface area contributed by atoms with Crippen LogP contribution in [0.4, 0.5) is 11.4 Å². The Morgan fingerprint density at radius 1 is 1.26 bits per heavy atom. The standard InChI is InChI=1S/C18H13ClN4O3S/c19-12-3-6-16(23(25)26)14(9-12)17(24)20-13-4-1-11(2-5-13)15-10-22-7-8-27-18(22)21-15/h1-6,9-10H,7-8H2,(H,20,24). The van der Waals surface area contributed by atoms with Crippen molar-refractivity contribution < 1.29 is 9.72 Å². The van der Waals surface area contributed by atoms with Crippen molar-refractivity contribution in [3.63, 3.8) is 0 Å². The SMILES string of the molecule is O=C(Nc1ccc(-c2cn3c(n2)SCC3)cc1)c1cc(Cl)ccc1[N+](=O)[O-]. The zero-order valence-electron chi connectivity index (χ0n) is 13.9. The van der Waals surface area contributed by atoms with Gasteiger partial charge in [-0.1, -0.05) is 35.5 Å². The molecule has 0 fully saturated rings. The van der Waals surface area contributed by atoms with Crippen molar-refractivity contribution in [3.8, 4) is 11.3 Å². The van der Waals surface area contributed by atoms with Crippen LogP contribution in [0.2, 0.25) is 5.02 Å². The Balaban J connectivity index is 1.54. The number of thioether (sulfide) groups is 1. The van der Waals surface area contributed by atoms with E-state index >= 15 is 0 Å². The number of hydrogen-bond acceptors (Lipinski definition) is 5. The number of halogens is 1. The molecule has 3 aromatic rings. The third-order valence-corrected chi connectivity index (χ3v) is 5.35. The zero-order valence-corrected chi connectivity index (χ0v) is 15.5. The number of nitro benzene ring substituents is 1. The maximum absolute atomic E-state index is 12.4. The maximum atomic E-state index is 12.4. The quantitative estimate of drug-likeness (QED) is 0.515. The molecule has 136 valence electrons. The number of carbonyl (C=O) groups is 1. The molecule has 2 heterocycles. The third-order valence-electron chi connectivity index (χ3n) is 4.14. The summed E-state index contributed by atoms with van der Waals surface area (Å²) in [5.74, 6) is 0.456. The van der Waals surface area contributed by atoms with Crippen molar-refractivity contribution in [1.29, 1.82) is 0 Å². The summed E-state index contributed by atoms with van der Waals surface area (Å²) in [5.41, 5.74) is 1.96. The number of nitrogens with zero attached hydrogens (tertiary/aromatic N) is 3. The van der Waals surface area contributed by atoms with Crippen molar-refractivity contribution >= 4 is 40.6 Å². The van der Waals surface area contributed by atoms with Crippen molar-refractivity contribution in [1.82, 2.24) is 9.55 Å². The van der Waals surface area contributed by atoms with Gasteiger partial charge in [-0.3, -0.25) is 14.9 Å². The van der Waals surface area contributed by atoms with Gasteiger partial charge in [-0.05, 0) is 24.3 Å². The van der Waals surface area contributed by atoms with Crippen LogP contribution < -0.4 is 5.32 Å². The van der Waals surface area contributed by atoms with Crippen LogP contribution >= 0.6 is 23.4 Å². The number of hydrogen-bond donors (Lipinski definition) is 1. The highest BCUT2D eigenvalue weighted by Crippen LogP contribution is 2.30. The van der Waals surface area contributed by atoms with Crippen molar-refractivity contribution in [3.05, 3.63) is 69.4 Å². The fraction of sp³-hybridized carbons (Fsp3) is 0.111. The van der Waals surface area contributed by atoms with Gasteiger partial charge in [-0.2, -0.15) is 0 Å². The first-order valence-electron chi connectivity index (χ1n) is 8.07. The molecule has 1 N–H and O–H groups in total. The van der Waals surface area contributed by atoms with E-state index in [1.807, 2.05) is 18.3 Å². The monoisotopic (exact) mass is 400 g/mol. The molecule has 7 nitrogen and oxygen atoms in total. The van der Waals surface area contributed by atoms with Gasteiger partial charge in [0.1, 0.15) is 5.56 Å². The number of anilines is 1. The van der Waals surface area contributed by atoms with E-state index in [9.17, 15) is 14.9 Å². The van der Waals surface area contributed by atoms with Gasteiger partial charge in [0.2, 0.25) is 0 Å². The van der Waals surface area contributed by atoms with Crippen LogP contribution in [0.1, 0.15) is 10.4 Å². The van der Waals surface area contributed by atoms with Gasteiger partial charge in [-0.15, -0.1) is 0 Å². The largest absolute Gasteiger partial charge is 0.325 e. The molecule has 0 saturated heterocycles. The van der Waals surface area contributed by atoms with Crippen LogP contribution in [0.3, 0.4) is 0 Å². The molecule has 1 aliphatic rings. The highest BCUT2D eigenvalue weighted by atomic mass is 35.5. The minimum Gasteiger partial charge on any atom is -0.325 e. The second-order valence-corrected chi connectivity index (χ2v) is 7.40. The lowest BCUT2D eigenvalue weighted by molar-refractivity contribution is -0.385. The van der Waals surface area contributed by atoms with Crippen LogP contribution in [0.25, 0.3) is 11.3 Å². The molecule has 0 aliphatic carbocycles.